The lowest BCUT2D eigenvalue weighted by Gasteiger charge is -2.50. The molecule has 0 bridgehead atoms. The van der Waals surface area contributed by atoms with E-state index in [1.807, 2.05) is 0 Å². The number of rotatable bonds is 18. The minimum Gasteiger partial charge on any atom is -0.394 e. The molecule has 30 atom stereocenters. The fourth-order valence-electron chi connectivity index (χ4n) is 9.20. The Kier molecular flexibility index (Phi) is 21.3. The zero-order chi connectivity index (χ0) is 53.9. The van der Waals surface area contributed by atoms with Crippen LogP contribution in [0.2, 0.25) is 0 Å². The number of hydrogen-bond acceptors (Lipinski definition) is 31. The van der Waals surface area contributed by atoms with Crippen molar-refractivity contribution in [2.24, 2.45) is 0 Å². The van der Waals surface area contributed by atoms with Crippen molar-refractivity contribution < 1.29 is 154 Å². The Hall–Kier alpha value is -2.22. The van der Waals surface area contributed by atoms with Crippen LogP contribution in [-0.2, 0) is 61.7 Å². The summed E-state index contributed by atoms with van der Waals surface area (Å²) in [4.78, 5) is 24.5. The van der Waals surface area contributed by atoms with Gasteiger partial charge in [-0.15, -0.1) is 0 Å². The van der Waals surface area contributed by atoms with Crippen LogP contribution < -0.4 is 10.6 Å². The Labute approximate surface area is 413 Å². The van der Waals surface area contributed by atoms with Crippen molar-refractivity contribution in [3.05, 3.63) is 0 Å². The molecule has 0 aromatic carbocycles. The number of hydrogen-bond donors (Lipinski definition) is 20. The molecule has 0 saturated carbocycles. The van der Waals surface area contributed by atoms with E-state index >= 15 is 0 Å². The van der Waals surface area contributed by atoms with Crippen molar-refractivity contribution >= 4 is 11.8 Å². The first-order valence-electron chi connectivity index (χ1n) is 23.1. The van der Waals surface area contributed by atoms with Crippen molar-refractivity contribution in [2.75, 3.05) is 39.6 Å². The van der Waals surface area contributed by atoms with E-state index in [4.69, 9.17) is 52.1 Å². The lowest BCUT2D eigenvalue weighted by molar-refractivity contribution is -0.398. The summed E-state index contributed by atoms with van der Waals surface area (Å²) < 4.78 is 62.9. The molecule has 0 aromatic heterocycles. The number of aliphatic hydroxyl groups excluding tert-OH is 18. The van der Waals surface area contributed by atoms with E-state index in [9.17, 15) is 102 Å². The van der Waals surface area contributed by atoms with E-state index in [-0.39, 0.29) is 0 Å². The second kappa shape index (κ2) is 26.0. The maximum atomic E-state index is 12.6. The van der Waals surface area contributed by atoms with Gasteiger partial charge in [0, 0.05) is 13.8 Å². The zero-order valence-corrected chi connectivity index (χ0v) is 38.9. The van der Waals surface area contributed by atoms with E-state index < -0.39 is 236 Å². The lowest BCUT2D eigenvalue weighted by atomic mass is 9.94. The summed E-state index contributed by atoms with van der Waals surface area (Å²) >= 11 is 0. The van der Waals surface area contributed by atoms with Gasteiger partial charge in [0.05, 0.1) is 39.6 Å². The standard InChI is InChI=1S/C40H68N2O31/c1-9(48)41-17-23(54)31(14(6-46)64-35(17)62)70-36-18(42-10(2)49)24(55)32(15(7-47)68-36)71-39-30(61)33(22(53)16(69-39)8-63-37-28(59)25(56)19(50)11(3-43)65-37)72-40-34(27(58)21(52)13(5-45)67-40)73-38-29(60)26(57)20(51)12(4-44)66-38/h11-40,43-47,50-62H,3-8H2,1-2H3,(H,41,48)(H,42,49)/t11-,12-,13-,14-,15-,16-,17-,18-,19-,20-,21-,22-,23-,24-,25+,26+,27+,28+,29+,30+,31-,32-,33+,34+,35-,36+,37-,38+,39+,40+/m1/s1. The minimum absolute atomic E-state index is 0.720. The predicted octanol–water partition coefficient (Wildman–Crippen LogP) is -13.8. The van der Waals surface area contributed by atoms with Gasteiger partial charge in [-0.1, -0.05) is 0 Å². The highest BCUT2D eigenvalue weighted by Crippen LogP contribution is 2.37. The molecule has 6 heterocycles. The normalized spacial score (nSPS) is 49.8. The van der Waals surface area contributed by atoms with Crippen LogP contribution in [0.3, 0.4) is 0 Å². The summed E-state index contributed by atoms with van der Waals surface area (Å²) in [5.41, 5.74) is 0. The van der Waals surface area contributed by atoms with Crippen molar-refractivity contribution in [2.45, 2.75) is 198 Å². The lowest BCUT2D eigenvalue weighted by Crippen LogP contribution is -2.70. The molecule has 0 radical (unpaired) electrons. The van der Waals surface area contributed by atoms with Gasteiger partial charge in [0.2, 0.25) is 11.8 Å². The first-order chi connectivity index (χ1) is 34.5. The number of amides is 2. The molecule has 73 heavy (non-hydrogen) atoms. The van der Waals surface area contributed by atoms with Gasteiger partial charge in [-0.25, -0.2) is 0 Å². The third-order valence-electron chi connectivity index (χ3n) is 13.2. The van der Waals surface area contributed by atoms with Crippen molar-refractivity contribution in [1.29, 1.82) is 0 Å². The van der Waals surface area contributed by atoms with Crippen molar-refractivity contribution in [3.8, 4) is 0 Å². The van der Waals surface area contributed by atoms with E-state index in [0.29, 0.717) is 0 Å². The van der Waals surface area contributed by atoms with Gasteiger partial charge in [0.1, 0.15) is 146 Å². The quantitative estimate of drug-likeness (QED) is 0.0606. The molecule has 0 spiro atoms. The van der Waals surface area contributed by atoms with Crippen LogP contribution in [0.4, 0.5) is 0 Å². The average molecular weight is 1070 g/mol. The molecule has 0 aliphatic carbocycles. The summed E-state index contributed by atoms with van der Waals surface area (Å²) in [5.74, 6) is -1.56. The summed E-state index contributed by atoms with van der Waals surface area (Å²) in [7, 11) is 0. The van der Waals surface area contributed by atoms with Gasteiger partial charge < -0.3 is 155 Å². The highest BCUT2D eigenvalue weighted by Gasteiger charge is 2.58. The molecule has 6 saturated heterocycles. The molecular weight excluding hydrogens is 1000 g/mol. The average Bonchev–Trinajstić information content (AvgIpc) is 3.35. The molecule has 33 heteroatoms. The van der Waals surface area contributed by atoms with Gasteiger partial charge in [0.15, 0.2) is 37.7 Å². The van der Waals surface area contributed by atoms with Crippen LogP contribution >= 0.6 is 0 Å². The number of aliphatic hydroxyl groups is 18. The Morgan fingerprint density at radius 3 is 1.27 bits per heavy atom. The SMILES string of the molecule is CC(=O)N[C@@H]1[C@@H](O)[C@H](O[C@@H]2O[C@H](CO)[C@@H](O[C@@H]3O[C@H](CO[C@@H]4O[C@H](CO)[C@@H](O)[C@H](O)[C@@H]4O)[C@@H](O)[C@H](O[C@@H]4O[C@H](CO)[C@@H](O)[C@H](O)[C@@H]4O[C@@H]4O[C@H](CO)[C@@H](O)[C@H](O)[C@@H]4O)[C@@H]3O)[C@H](O)[C@H]2NC(C)=O)[C@@H](CO)O[C@H]1O. The number of carbonyl (C=O) groups is 2. The van der Waals surface area contributed by atoms with Crippen LogP contribution in [0.5, 0.6) is 0 Å². The molecular formula is C40H68N2O31. The molecule has 424 valence electrons. The van der Waals surface area contributed by atoms with Crippen LogP contribution in [-0.4, -0.2) is 327 Å². The summed E-state index contributed by atoms with van der Waals surface area (Å²) in [5, 5.41) is 197. The Bertz CT molecular complexity index is 1750. The van der Waals surface area contributed by atoms with E-state index in [1.54, 1.807) is 0 Å². The number of nitrogens with one attached hydrogen (secondary N) is 2. The fraction of sp³-hybridized carbons (Fsp3) is 0.950. The van der Waals surface area contributed by atoms with Gasteiger partial charge in [0.25, 0.3) is 0 Å². The fourth-order valence-corrected chi connectivity index (χ4v) is 9.20. The molecule has 6 aliphatic rings. The largest absolute Gasteiger partial charge is 0.394 e. The molecule has 20 N–H and O–H groups in total. The first kappa shape index (κ1) is 60.0. The van der Waals surface area contributed by atoms with Crippen molar-refractivity contribution in [1.82, 2.24) is 10.6 Å². The summed E-state index contributed by atoms with van der Waals surface area (Å²) in [6, 6.07) is -3.31. The minimum atomic E-state index is -2.33. The Morgan fingerprint density at radius 2 is 0.740 bits per heavy atom. The summed E-state index contributed by atoms with van der Waals surface area (Å²) in [6.07, 6.45) is -54.2. The topological polar surface area (TPSA) is 524 Å². The third kappa shape index (κ3) is 13.0. The van der Waals surface area contributed by atoms with Crippen LogP contribution in [0, 0.1) is 0 Å². The second-order valence-corrected chi connectivity index (χ2v) is 18.3. The molecule has 6 fully saturated rings. The molecule has 2 amide bonds. The predicted molar refractivity (Wildman–Crippen MR) is 222 cm³/mol. The molecule has 6 aliphatic heterocycles. The molecule has 6 rings (SSSR count). The Morgan fingerprint density at radius 1 is 0.356 bits per heavy atom. The third-order valence-corrected chi connectivity index (χ3v) is 13.2. The second-order valence-electron chi connectivity index (χ2n) is 18.3. The summed E-state index contributed by atoms with van der Waals surface area (Å²) in [6.45, 7) is -3.66. The van der Waals surface area contributed by atoms with Gasteiger partial charge in [-0.3, -0.25) is 9.59 Å². The Balaban J connectivity index is 1.31. The van der Waals surface area contributed by atoms with Crippen molar-refractivity contribution in [3.63, 3.8) is 0 Å². The maximum Gasteiger partial charge on any atom is 0.217 e. The first-order valence-corrected chi connectivity index (χ1v) is 23.1. The molecule has 33 nitrogen and oxygen atoms in total. The highest BCUT2D eigenvalue weighted by molar-refractivity contribution is 5.73. The maximum absolute atomic E-state index is 12.6. The van der Waals surface area contributed by atoms with E-state index in [2.05, 4.69) is 10.6 Å². The van der Waals surface area contributed by atoms with Crippen LogP contribution in [0.25, 0.3) is 0 Å². The van der Waals surface area contributed by atoms with E-state index in [0.717, 1.165) is 13.8 Å². The monoisotopic (exact) mass is 1070 g/mol. The molecule has 0 aromatic rings. The smallest absolute Gasteiger partial charge is 0.217 e. The number of ether oxygens (including phenoxy) is 11. The highest BCUT2D eigenvalue weighted by atomic mass is 16.8. The van der Waals surface area contributed by atoms with E-state index in [1.165, 1.54) is 0 Å². The number of carbonyl (C=O) groups excluding carboxylic acids is 2. The van der Waals surface area contributed by atoms with Crippen LogP contribution in [0.15, 0.2) is 0 Å². The van der Waals surface area contributed by atoms with Crippen LogP contribution in [0.1, 0.15) is 13.8 Å². The zero-order valence-electron chi connectivity index (χ0n) is 38.9. The van der Waals surface area contributed by atoms with Gasteiger partial charge in [-0.05, 0) is 0 Å². The van der Waals surface area contributed by atoms with Gasteiger partial charge in [-0.2, -0.15) is 0 Å². The molecule has 0 unspecified atom stereocenters. The van der Waals surface area contributed by atoms with Gasteiger partial charge >= 0.3 is 0 Å².